The van der Waals surface area contributed by atoms with E-state index < -0.39 is 0 Å². The monoisotopic (exact) mass is 251 g/mol. The first-order valence-corrected chi connectivity index (χ1v) is 6.25. The lowest BCUT2D eigenvalue weighted by Gasteiger charge is -2.05. The van der Waals surface area contributed by atoms with E-state index in [2.05, 4.69) is 5.32 Å². The maximum Gasteiger partial charge on any atom is 0.307 e. The molecule has 0 spiro atoms. The fourth-order valence-electron chi connectivity index (χ4n) is 1.57. The van der Waals surface area contributed by atoms with E-state index in [9.17, 15) is 4.79 Å². The molecule has 0 saturated carbocycles. The third-order valence-corrected chi connectivity index (χ3v) is 2.56. The van der Waals surface area contributed by atoms with Gasteiger partial charge in [0.05, 0.1) is 20.1 Å². The first-order chi connectivity index (χ1) is 8.76. The van der Waals surface area contributed by atoms with Crippen molar-refractivity contribution < 1.29 is 14.3 Å². The quantitative estimate of drug-likeness (QED) is 0.565. The second-order valence-corrected chi connectivity index (χ2v) is 3.90. The summed E-state index contributed by atoms with van der Waals surface area (Å²) in [4.78, 5) is 11.1. The topological polar surface area (TPSA) is 47.6 Å². The number of rotatable bonds is 8. The molecule has 0 aromatic heterocycles. The van der Waals surface area contributed by atoms with Crippen molar-refractivity contribution in [3.8, 4) is 5.75 Å². The molecule has 1 aromatic carbocycles. The number of carbonyl (C=O) groups excluding carboxylic acids is 1. The number of methoxy groups -OCH3 is 1. The largest absolute Gasteiger partial charge is 0.497 e. The third-order valence-electron chi connectivity index (χ3n) is 2.56. The highest BCUT2D eigenvalue weighted by atomic mass is 16.5. The van der Waals surface area contributed by atoms with Crippen LogP contribution in [0.3, 0.4) is 0 Å². The van der Waals surface area contributed by atoms with E-state index in [1.54, 1.807) is 7.11 Å². The van der Waals surface area contributed by atoms with Crippen LogP contribution in [0, 0.1) is 0 Å². The predicted octanol–water partition coefficient (Wildman–Crippen LogP) is 1.78. The van der Waals surface area contributed by atoms with Gasteiger partial charge in [-0.05, 0) is 37.6 Å². The van der Waals surface area contributed by atoms with Crippen molar-refractivity contribution in [2.24, 2.45) is 0 Å². The molecule has 1 aromatic rings. The fraction of sp³-hybridized carbons (Fsp3) is 0.500. The summed E-state index contributed by atoms with van der Waals surface area (Å²) >= 11 is 0. The Balaban J connectivity index is 2.12. The van der Waals surface area contributed by atoms with Crippen LogP contribution in [0.4, 0.5) is 0 Å². The van der Waals surface area contributed by atoms with Crippen LogP contribution < -0.4 is 10.1 Å². The standard InChI is InChI=1S/C14H21NO3/c1-3-18-14(16)9-11-15-10-8-12-4-6-13(17-2)7-5-12/h4-7,15H,3,8-11H2,1-2H3. The van der Waals surface area contributed by atoms with Crippen molar-refractivity contribution >= 4 is 5.97 Å². The Morgan fingerprint density at radius 1 is 1.22 bits per heavy atom. The summed E-state index contributed by atoms with van der Waals surface area (Å²) < 4.78 is 9.93. The highest BCUT2D eigenvalue weighted by Gasteiger charge is 2.00. The van der Waals surface area contributed by atoms with Gasteiger partial charge in [0.25, 0.3) is 0 Å². The van der Waals surface area contributed by atoms with E-state index in [1.165, 1.54) is 5.56 Å². The van der Waals surface area contributed by atoms with Crippen LogP contribution in [0.5, 0.6) is 5.75 Å². The van der Waals surface area contributed by atoms with Gasteiger partial charge in [0.2, 0.25) is 0 Å². The van der Waals surface area contributed by atoms with Gasteiger partial charge in [-0.3, -0.25) is 4.79 Å². The van der Waals surface area contributed by atoms with Gasteiger partial charge < -0.3 is 14.8 Å². The summed E-state index contributed by atoms with van der Waals surface area (Å²) in [5, 5.41) is 3.22. The molecule has 0 aliphatic rings. The Morgan fingerprint density at radius 3 is 2.56 bits per heavy atom. The minimum atomic E-state index is -0.144. The smallest absolute Gasteiger partial charge is 0.307 e. The van der Waals surface area contributed by atoms with Gasteiger partial charge in [0.1, 0.15) is 5.75 Å². The number of ether oxygens (including phenoxy) is 2. The number of hydrogen-bond donors (Lipinski definition) is 1. The molecule has 100 valence electrons. The minimum Gasteiger partial charge on any atom is -0.497 e. The van der Waals surface area contributed by atoms with Crippen LogP contribution in [0.2, 0.25) is 0 Å². The van der Waals surface area contributed by atoms with Crippen LogP contribution in [-0.4, -0.2) is 32.8 Å². The van der Waals surface area contributed by atoms with Gasteiger partial charge in [0.15, 0.2) is 0 Å². The highest BCUT2D eigenvalue weighted by Crippen LogP contribution is 2.11. The van der Waals surface area contributed by atoms with Crippen molar-refractivity contribution in [2.45, 2.75) is 19.8 Å². The second-order valence-electron chi connectivity index (χ2n) is 3.90. The van der Waals surface area contributed by atoms with Crippen molar-refractivity contribution in [1.82, 2.24) is 5.32 Å². The molecule has 18 heavy (non-hydrogen) atoms. The molecule has 1 N–H and O–H groups in total. The van der Waals surface area contributed by atoms with Gasteiger partial charge in [-0.1, -0.05) is 12.1 Å². The summed E-state index contributed by atoms with van der Waals surface area (Å²) in [7, 11) is 1.66. The Kier molecular flexibility index (Phi) is 6.87. The van der Waals surface area contributed by atoms with Crippen LogP contribution in [0.25, 0.3) is 0 Å². The lowest BCUT2D eigenvalue weighted by Crippen LogP contribution is -2.21. The van der Waals surface area contributed by atoms with Crippen LogP contribution in [0.1, 0.15) is 18.9 Å². The van der Waals surface area contributed by atoms with Crippen LogP contribution >= 0.6 is 0 Å². The first kappa shape index (κ1) is 14.5. The summed E-state index contributed by atoms with van der Waals surface area (Å²) in [6.45, 7) is 3.78. The van der Waals surface area contributed by atoms with Crippen LogP contribution in [-0.2, 0) is 16.0 Å². The third kappa shape index (κ3) is 5.68. The molecular formula is C14H21NO3. The van der Waals surface area contributed by atoms with E-state index in [4.69, 9.17) is 9.47 Å². The zero-order chi connectivity index (χ0) is 13.2. The Hall–Kier alpha value is -1.55. The Labute approximate surface area is 108 Å². The zero-order valence-corrected chi connectivity index (χ0v) is 11.1. The Bertz CT molecular complexity index is 349. The number of hydrogen-bond acceptors (Lipinski definition) is 4. The number of benzene rings is 1. The summed E-state index contributed by atoms with van der Waals surface area (Å²) in [6, 6.07) is 8.00. The fourth-order valence-corrected chi connectivity index (χ4v) is 1.57. The van der Waals surface area contributed by atoms with E-state index in [0.29, 0.717) is 19.6 Å². The molecular weight excluding hydrogens is 230 g/mol. The molecule has 1 rings (SSSR count). The predicted molar refractivity (Wildman–Crippen MR) is 70.8 cm³/mol. The van der Waals surface area contributed by atoms with Crippen molar-refractivity contribution in [1.29, 1.82) is 0 Å². The molecule has 0 amide bonds. The van der Waals surface area contributed by atoms with Crippen molar-refractivity contribution in [2.75, 3.05) is 26.8 Å². The lowest BCUT2D eigenvalue weighted by molar-refractivity contribution is -0.142. The zero-order valence-electron chi connectivity index (χ0n) is 11.1. The normalized spacial score (nSPS) is 10.1. The molecule has 0 bridgehead atoms. The van der Waals surface area contributed by atoms with Gasteiger partial charge in [-0.2, -0.15) is 0 Å². The van der Waals surface area contributed by atoms with E-state index in [1.807, 2.05) is 31.2 Å². The van der Waals surface area contributed by atoms with Gasteiger partial charge in [-0.15, -0.1) is 0 Å². The van der Waals surface area contributed by atoms with Crippen molar-refractivity contribution in [3.63, 3.8) is 0 Å². The maximum atomic E-state index is 11.1. The maximum absolute atomic E-state index is 11.1. The van der Waals surface area contributed by atoms with Gasteiger partial charge in [-0.25, -0.2) is 0 Å². The number of carbonyl (C=O) groups is 1. The second kappa shape index (κ2) is 8.53. The minimum absolute atomic E-state index is 0.144. The molecule has 0 unspecified atom stereocenters. The molecule has 0 saturated heterocycles. The molecule has 0 aliphatic carbocycles. The summed E-state index contributed by atoms with van der Waals surface area (Å²) in [5.41, 5.74) is 1.25. The molecule has 0 radical (unpaired) electrons. The number of nitrogens with one attached hydrogen (secondary N) is 1. The number of esters is 1. The van der Waals surface area contributed by atoms with Crippen molar-refractivity contribution in [3.05, 3.63) is 29.8 Å². The molecule has 4 heteroatoms. The molecule has 0 heterocycles. The SMILES string of the molecule is CCOC(=O)CCNCCc1ccc(OC)cc1. The average Bonchev–Trinajstić information content (AvgIpc) is 2.39. The first-order valence-electron chi connectivity index (χ1n) is 6.25. The van der Waals surface area contributed by atoms with E-state index in [0.717, 1.165) is 18.7 Å². The van der Waals surface area contributed by atoms with E-state index in [-0.39, 0.29) is 5.97 Å². The van der Waals surface area contributed by atoms with Gasteiger partial charge >= 0.3 is 5.97 Å². The Morgan fingerprint density at radius 2 is 1.94 bits per heavy atom. The highest BCUT2D eigenvalue weighted by molar-refractivity contribution is 5.69. The summed E-state index contributed by atoms with van der Waals surface area (Å²) in [5.74, 6) is 0.725. The molecule has 0 atom stereocenters. The van der Waals surface area contributed by atoms with Gasteiger partial charge in [0, 0.05) is 6.54 Å². The summed E-state index contributed by atoms with van der Waals surface area (Å²) in [6.07, 6.45) is 1.36. The molecule has 4 nitrogen and oxygen atoms in total. The lowest BCUT2D eigenvalue weighted by atomic mass is 10.1. The van der Waals surface area contributed by atoms with E-state index >= 15 is 0 Å². The average molecular weight is 251 g/mol. The van der Waals surface area contributed by atoms with Crippen LogP contribution in [0.15, 0.2) is 24.3 Å². The molecule has 0 aliphatic heterocycles. The molecule has 0 fully saturated rings.